The SMILES string of the molecule is CC(C)Oc1ccc(-c2ccn3c(-c4ccnc5ccccc45)cnc3c2)cc1.CC(C)Oc1ccc(-c2ccn3c(-c4cncc5ccccc45)cnc3c2)cc1.CN1CCN(c2ccc(-c3ccn4c(-c5ccnc6ccccc56)cnc4c3)cc2)CC1.O=C(Nc1ccc(-c2ccn3c(-c4ccccc4)cnc3c2)cc1)c1ccccn1. The Morgan fingerprint density at radius 1 is 0.342 bits per heavy atom. The van der Waals surface area contributed by atoms with Crippen molar-refractivity contribution in [3.8, 4) is 101 Å². The summed E-state index contributed by atoms with van der Waals surface area (Å²) in [6.07, 6.45) is 25.5. The molecule has 1 fully saturated rings. The van der Waals surface area contributed by atoms with Gasteiger partial charge in [0.1, 0.15) is 39.8 Å². The number of amides is 1. The summed E-state index contributed by atoms with van der Waals surface area (Å²) in [7, 11) is 2.19. The van der Waals surface area contributed by atoms with Gasteiger partial charge < -0.3 is 24.6 Å². The Labute approximate surface area is 694 Å². The van der Waals surface area contributed by atoms with Gasteiger partial charge in [-0.2, -0.15) is 0 Å². The van der Waals surface area contributed by atoms with Crippen molar-refractivity contribution in [2.24, 2.45) is 0 Å². The molecule has 120 heavy (non-hydrogen) atoms. The quantitative estimate of drug-likeness (QED) is 0.103. The summed E-state index contributed by atoms with van der Waals surface area (Å²) in [5, 5.41) is 7.44. The maximum absolute atomic E-state index is 12.3. The predicted molar refractivity (Wildman–Crippen MR) is 484 cm³/mol. The number of likely N-dealkylation sites (N-methyl/N-ethyl adjacent to an activating group) is 1. The molecule has 13 heterocycles. The molecule has 1 N–H and O–H groups in total. The number of piperazine rings is 1. The van der Waals surface area contributed by atoms with Crippen molar-refractivity contribution >= 4 is 72.4 Å². The summed E-state index contributed by atoms with van der Waals surface area (Å²) in [5.74, 6) is 1.55. The molecule has 0 saturated carbocycles. The van der Waals surface area contributed by atoms with E-state index in [9.17, 15) is 4.79 Å². The van der Waals surface area contributed by atoms with E-state index >= 15 is 0 Å². The van der Waals surface area contributed by atoms with E-state index in [2.05, 4.69) is 245 Å². The average molecular weight is 1570 g/mol. The summed E-state index contributed by atoms with van der Waals surface area (Å²) in [5.41, 5.74) is 25.8. The lowest BCUT2D eigenvalue weighted by Crippen LogP contribution is -2.44. The maximum Gasteiger partial charge on any atom is 0.274 e. The minimum absolute atomic E-state index is 0.170. The number of aromatic nitrogens is 12. The number of fused-ring (bicyclic) bond motifs is 7. The Morgan fingerprint density at radius 3 is 1.23 bits per heavy atom. The first kappa shape index (κ1) is 76.0. The number of imidazole rings is 4. The normalized spacial score (nSPS) is 12.2. The van der Waals surface area contributed by atoms with Crippen molar-refractivity contribution in [2.45, 2.75) is 39.9 Å². The van der Waals surface area contributed by atoms with Gasteiger partial charge in [0.15, 0.2) is 0 Å². The van der Waals surface area contributed by atoms with E-state index in [1.165, 1.54) is 22.2 Å². The van der Waals surface area contributed by atoms with Crippen molar-refractivity contribution in [3.05, 3.63) is 365 Å². The summed E-state index contributed by atoms with van der Waals surface area (Å²) < 4.78 is 20.0. The minimum Gasteiger partial charge on any atom is -0.491 e. The molecule has 1 aliphatic rings. The second kappa shape index (κ2) is 34.3. The van der Waals surface area contributed by atoms with Crippen LogP contribution in [0.25, 0.3) is 145 Å². The Morgan fingerprint density at radius 2 is 0.758 bits per heavy atom. The lowest BCUT2D eigenvalue weighted by molar-refractivity contribution is 0.102. The Bertz CT molecular complexity index is 6780. The number of hydrogen-bond acceptors (Lipinski definition) is 13. The summed E-state index contributed by atoms with van der Waals surface area (Å²) in [6.45, 7) is 12.5. The van der Waals surface area contributed by atoms with Crippen LogP contribution in [0, 0.1) is 0 Å². The van der Waals surface area contributed by atoms with E-state index in [0.717, 1.165) is 172 Å². The van der Waals surface area contributed by atoms with E-state index in [-0.39, 0.29) is 18.1 Å². The van der Waals surface area contributed by atoms with Gasteiger partial charge in [0, 0.05) is 132 Å². The number of hydrogen-bond donors (Lipinski definition) is 1. The lowest BCUT2D eigenvalue weighted by Gasteiger charge is -2.34. The Kier molecular flexibility index (Phi) is 21.7. The van der Waals surface area contributed by atoms with Gasteiger partial charge in [-0.25, -0.2) is 19.9 Å². The van der Waals surface area contributed by atoms with Crippen molar-refractivity contribution in [2.75, 3.05) is 43.4 Å². The third-order valence-corrected chi connectivity index (χ3v) is 21.5. The van der Waals surface area contributed by atoms with Crippen LogP contribution in [0.1, 0.15) is 38.2 Å². The zero-order chi connectivity index (χ0) is 81.4. The monoisotopic (exact) mass is 1570 g/mol. The third-order valence-electron chi connectivity index (χ3n) is 21.5. The molecular formula is C102H85N15O3. The zero-order valence-corrected chi connectivity index (χ0v) is 67.0. The molecule has 12 aromatic heterocycles. The molecule has 0 spiro atoms. The van der Waals surface area contributed by atoms with Gasteiger partial charge in [0.25, 0.3) is 5.91 Å². The lowest BCUT2D eigenvalue weighted by atomic mass is 10.1. The molecule has 1 aliphatic heterocycles. The molecule has 20 aromatic rings. The topological polar surface area (TPSA) is 175 Å². The number of carbonyl (C=O) groups is 1. The highest BCUT2D eigenvalue weighted by Crippen LogP contribution is 2.36. The fourth-order valence-electron chi connectivity index (χ4n) is 15.4. The zero-order valence-electron chi connectivity index (χ0n) is 67.0. The number of nitrogens with one attached hydrogen (secondary N) is 1. The number of carbonyl (C=O) groups excluding carboxylic acids is 1. The molecule has 0 atom stereocenters. The molecule has 0 bridgehead atoms. The van der Waals surface area contributed by atoms with Crippen LogP contribution in [0.3, 0.4) is 0 Å². The Balaban J connectivity index is 0.000000110. The standard InChI is InChI=1S/C27H25N5.C25H18N4O.2C25H21N3O/c1-30-14-16-31(17-15-30)22-8-6-20(7-9-22)21-11-13-32-26(19-29-27(32)18-21)24-10-12-28-25-5-3-2-4-23(24)25;30-25(22-8-4-5-14-26-22)28-21-11-9-18(10-12-21)20-13-15-29-23(17-27-24(29)16-20)19-6-2-1-3-7-19;1-17(2)29-20-9-7-18(8-10-20)19-12-14-28-24(16-27-25(28)15-19)22-11-13-26-23-6-4-3-5-21(22)23;1-17(2)29-21-9-7-18(8-10-21)19-11-12-28-24(16-27-25(28)13-19)23-15-26-14-20-5-3-4-6-22(20)23/h2-13,18-19H,14-17H2,1H3;1-17H,(H,28,30);2*3-17H,1-2H3. The van der Waals surface area contributed by atoms with Gasteiger partial charge in [-0.1, -0.05) is 146 Å². The van der Waals surface area contributed by atoms with Gasteiger partial charge in [0.2, 0.25) is 0 Å². The van der Waals surface area contributed by atoms with Crippen molar-refractivity contribution < 1.29 is 14.3 Å². The predicted octanol–water partition coefficient (Wildman–Crippen LogP) is 22.3. The minimum atomic E-state index is -0.226. The fourth-order valence-corrected chi connectivity index (χ4v) is 15.4. The van der Waals surface area contributed by atoms with E-state index in [1.807, 2.05) is 193 Å². The molecule has 0 aliphatic carbocycles. The number of benzene rings is 8. The van der Waals surface area contributed by atoms with Crippen LogP contribution in [0.2, 0.25) is 0 Å². The van der Waals surface area contributed by atoms with Crippen molar-refractivity contribution in [3.63, 3.8) is 0 Å². The summed E-state index contributed by atoms with van der Waals surface area (Å²) in [6, 6.07) is 94.3. The first-order valence-electron chi connectivity index (χ1n) is 40.3. The van der Waals surface area contributed by atoms with Crippen molar-refractivity contribution in [1.82, 2.24) is 62.4 Å². The molecule has 0 radical (unpaired) electrons. The van der Waals surface area contributed by atoms with Crippen LogP contribution in [0.5, 0.6) is 11.5 Å². The smallest absolute Gasteiger partial charge is 0.274 e. The van der Waals surface area contributed by atoms with Crippen LogP contribution in [-0.4, -0.2) is 114 Å². The Hall–Kier alpha value is -15.3. The van der Waals surface area contributed by atoms with Gasteiger partial charge in [-0.15, -0.1) is 0 Å². The van der Waals surface area contributed by atoms with E-state index in [1.54, 1.807) is 24.4 Å². The van der Waals surface area contributed by atoms with E-state index in [4.69, 9.17) is 14.5 Å². The number of nitrogens with zero attached hydrogens (tertiary/aromatic N) is 14. The van der Waals surface area contributed by atoms with Crippen LogP contribution >= 0.6 is 0 Å². The first-order valence-corrected chi connectivity index (χ1v) is 40.3. The second-order valence-corrected chi connectivity index (χ2v) is 30.1. The largest absolute Gasteiger partial charge is 0.491 e. The number of para-hydroxylation sites is 2. The van der Waals surface area contributed by atoms with E-state index in [0.29, 0.717) is 5.69 Å². The molecule has 586 valence electrons. The average Bonchev–Trinajstić information content (AvgIpc) is 1.69. The van der Waals surface area contributed by atoms with Crippen LogP contribution in [0.4, 0.5) is 11.4 Å². The third kappa shape index (κ3) is 16.5. The maximum atomic E-state index is 12.3. The fraction of sp³-hybridized carbons (Fsp3) is 0.108. The number of rotatable bonds is 15. The number of pyridine rings is 8. The highest BCUT2D eigenvalue weighted by molar-refractivity contribution is 6.03. The van der Waals surface area contributed by atoms with Crippen molar-refractivity contribution in [1.29, 1.82) is 0 Å². The first-order chi connectivity index (χ1) is 58.9. The van der Waals surface area contributed by atoms with Crippen LogP contribution < -0.4 is 19.7 Å². The van der Waals surface area contributed by atoms with Crippen LogP contribution in [-0.2, 0) is 0 Å². The molecule has 18 nitrogen and oxygen atoms in total. The highest BCUT2D eigenvalue weighted by Gasteiger charge is 2.19. The van der Waals surface area contributed by atoms with Gasteiger partial charge in [-0.05, 0) is 218 Å². The molecule has 1 amide bonds. The second-order valence-electron chi connectivity index (χ2n) is 30.1. The highest BCUT2D eigenvalue weighted by atomic mass is 16.5. The van der Waals surface area contributed by atoms with Gasteiger partial charge >= 0.3 is 0 Å². The molecule has 1 saturated heterocycles. The summed E-state index contributed by atoms with van der Waals surface area (Å²) in [4.78, 5) is 53.2. The van der Waals surface area contributed by atoms with Gasteiger partial charge in [0.05, 0.1) is 70.8 Å². The molecular weight excluding hydrogens is 1480 g/mol. The number of anilines is 2. The summed E-state index contributed by atoms with van der Waals surface area (Å²) >= 11 is 0. The van der Waals surface area contributed by atoms with Crippen LogP contribution in [0.15, 0.2) is 360 Å². The van der Waals surface area contributed by atoms with E-state index < -0.39 is 0 Å². The molecule has 0 unspecified atom stereocenters. The molecule has 8 aromatic carbocycles. The van der Waals surface area contributed by atoms with Gasteiger partial charge in [-0.3, -0.25) is 42.3 Å². The molecule has 18 heteroatoms. The number of ether oxygens (including phenoxy) is 2. The molecule has 21 rings (SSSR count).